The van der Waals surface area contributed by atoms with E-state index in [4.69, 9.17) is 0 Å². The Labute approximate surface area is 137 Å². The van der Waals surface area contributed by atoms with Gasteiger partial charge < -0.3 is 0 Å². The maximum Gasteiger partial charge on any atom is 0.276 e. The summed E-state index contributed by atoms with van der Waals surface area (Å²) in [5, 5.41) is 4.14. The van der Waals surface area contributed by atoms with Crippen molar-refractivity contribution in [3.63, 3.8) is 0 Å². The Bertz CT molecular complexity index is 761. The van der Waals surface area contributed by atoms with Crippen LogP contribution in [0.4, 0.5) is 0 Å². The van der Waals surface area contributed by atoms with E-state index in [0.717, 1.165) is 31.4 Å². The highest BCUT2D eigenvalue weighted by atomic mass is 32.2. The van der Waals surface area contributed by atoms with E-state index in [1.54, 1.807) is 30.3 Å². The third-order valence-corrected chi connectivity index (χ3v) is 5.44. The number of hydrogen-bond donors (Lipinski definition) is 1. The van der Waals surface area contributed by atoms with E-state index >= 15 is 0 Å². The smallest absolute Gasteiger partial charge is 0.200 e. The second kappa shape index (κ2) is 6.96. The molecule has 0 amide bonds. The molecule has 0 aliphatic heterocycles. The van der Waals surface area contributed by atoms with Crippen LogP contribution >= 0.6 is 0 Å². The minimum absolute atomic E-state index is 0.238. The summed E-state index contributed by atoms with van der Waals surface area (Å²) in [5.41, 5.74) is 2.29. The SMILES string of the molecule is O=S(=O)(NN=C1CCC(c2ccccc2)CC1)c1ccccc1. The minimum atomic E-state index is -3.56. The van der Waals surface area contributed by atoms with Gasteiger partial charge in [0.1, 0.15) is 0 Å². The first kappa shape index (κ1) is 15.7. The summed E-state index contributed by atoms with van der Waals surface area (Å²) in [6, 6.07) is 18.8. The van der Waals surface area contributed by atoms with Gasteiger partial charge in [0.25, 0.3) is 10.0 Å². The van der Waals surface area contributed by atoms with Crippen molar-refractivity contribution in [2.24, 2.45) is 5.10 Å². The van der Waals surface area contributed by atoms with Crippen LogP contribution in [0.15, 0.2) is 70.7 Å². The van der Waals surface area contributed by atoms with Gasteiger partial charge in [0, 0.05) is 5.71 Å². The van der Waals surface area contributed by atoms with Gasteiger partial charge in [-0.1, -0.05) is 48.5 Å². The second-order valence-corrected chi connectivity index (χ2v) is 7.43. The van der Waals surface area contributed by atoms with Crippen molar-refractivity contribution in [3.05, 3.63) is 66.2 Å². The van der Waals surface area contributed by atoms with Gasteiger partial charge in [-0.2, -0.15) is 13.5 Å². The van der Waals surface area contributed by atoms with Crippen molar-refractivity contribution >= 4 is 15.7 Å². The van der Waals surface area contributed by atoms with Gasteiger partial charge in [0.2, 0.25) is 0 Å². The molecular formula is C18H20N2O2S. The zero-order valence-electron chi connectivity index (χ0n) is 12.9. The number of sulfonamides is 1. The van der Waals surface area contributed by atoms with Crippen molar-refractivity contribution in [1.82, 2.24) is 4.83 Å². The topological polar surface area (TPSA) is 58.5 Å². The van der Waals surface area contributed by atoms with Crippen LogP contribution in [0.2, 0.25) is 0 Å². The molecule has 0 heterocycles. The molecule has 0 atom stereocenters. The van der Waals surface area contributed by atoms with Gasteiger partial charge in [0.15, 0.2) is 0 Å². The number of nitrogens with one attached hydrogen (secondary N) is 1. The largest absolute Gasteiger partial charge is 0.276 e. The van der Waals surface area contributed by atoms with E-state index in [1.807, 2.05) is 6.07 Å². The van der Waals surface area contributed by atoms with Gasteiger partial charge in [-0.05, 0) is 49.3 Å². The Morgan fingerprint density at radius 2 is 1.43 bits per heavy atom. The fourth-order valence-corrected chi connectivity index (χ4v) is 3.77. The van der Waals surface area contributed by atoms with Crippen LogP contribution in [-0.4, -0.2) is 14.1 Å². The Hall–Kier alpha value is -2.14. The molecule has 0 bridgehead atoms. The average molecular weight is 328 g/mol. The number of benzene rings is 2. The zero-order chi connectivity index (χ0) is 16.1. The Morgan fingerprint density at radius 3 is 2.04 bits per heavy atom. The van der Waals surface area contributed by atoms with Crippen LogP contribution in [-0.2, 0) is 10.0 Å². The molecular weight excluding hydrogens is 308 g/mol. The molecule has 0 saturated heterocycles. The summed E-state index contributed by atoms with van der Waals surface area (Å²) >= 11 is 0. The molecule has 2 aromatic carbocycles. The summed E-state index contributed by atoms with van der Waals surface area (Å²) in [7, 11) is -3.56. The summed E-state index contributed by atoms with van der Waals surface area (Å²) < 4.78 is 24.3. The monoisotopic (exact) mass is 328 g/mol. The van der Waals surface area contributed by atoms with Crippen molar-refractivity contribution in [1.29, 1.82) is 0 Å². The molecule has 0 radical (unpaired) electrons. The van der Waals surface area contributed by atoms with Crippen LogP contribution in [0.5, 0.6) is 0 Å². The molecule has 1 saturated carbocycles. The van der Waals surface area contributed by atoms with Gasteiger partial charge in [-0.25, -0.2) is 4.83 Å². The summed E-state index contributed by atoms with van der Waals surface area (Å²) in [6.45, 7) is 0. The molecule has 23 heavy (non-hydrogen) atoms. The van der Waals surface area contributed by atoms with Crippen molar-refractivity contribution in [3.8, 4) is 0 Å². The average Bonchev–Trinajstić information content (AvgIpc) is 2.62. The maximum absolute atomic E-state index is 12.1. The molecule has 2 aromatic rings. The predicted octanol–water partition coefficient (Wildman–Crippen LogP) is 3.68. The molecule has 1 aliphatic rings. The first-order valence-corrected chi connectivity index (χ1v) is 9.31. The van der Waals surface area contributed by atoms with E-state index in [9.17, 15) is 8.42 Å². The number of hydrazone groups is 1. The minimum Gasteiger partial charge on any atom is -0.200 e. The van der Waals surface area contributed by atoms with Crippen LogP contribution in [0.1, 0.15) is 37.2 Å². The molecule has 0 aromatic heterocycles. The molecule has 4 nitrogen and oxygen atoms in total. The normalized spacial score (nSPS) is 18.4. The first-order valence-electron chi connectivity index (χ1n) is 7.82. The molecule has 5 heteroatoms. The van der Waals surface area contributed by atoms with Crippen LogP contribution in [0.3, 0.4) is 0 Å². The Morgan fingerprint density at radius 1 is 0.870 bits per heavy atom. The van der Waals surface area contributed by atoms with Gasteiger partial charge in [0.05, 0.1) is 4.90 Å². The number of nitrogens with zero attached hydrogens (tertiary/aromatic N) is 1. The fraction of sp³-hybridized carbons (Fsp3) is 0.278. The summed E-state index contributed by atoms with van der Waals surface area (Å²) in [4.78, 5) is 2.60. The van der Waals surface area contributed by atoms with Crippen molar-refractivity contribution in [2.45, 2.75) is 36.5 Å². The van der Waals surface area contributed by atoms with E-state index in [1.165, 1.54) is 5.56 Å². The first-order chi connectivity index (χ1) is 11.1. The molecule has 1 fully saturated rings. The molecule has 0 spiro atoms. The van der Waals surface area contributed by atoms with E-state index in [-0.39, 0.29) is 4.90 Å². The molecule has 3 rings (SSSR count). The van der Waals surface area contributed by atoms with E-state index in [0.29, 0.717) is 5.92 Å². The van der Waals surface area contributed by atoms with Crippen LogP contribution in [0, 0.1) is 0 Å². The van der Waals surface area contributed by atoms with E-state index < -0.39 is 10.0 Å². The third kappa shape index (κ3) is 3.99. The molecule has 1 aliphatic carbocycles. The zero-order valence-corrected chi connectivity index (χ0v) is 13.7. The molecule has 1 N–H and O–H groups in total. The number of rotatable bonds is 4. The Kier molecular flexibility index (Phi) is 4.76. The van der Waals surface area contributed by atoms with Crippen molar-refractivity contribution < 1.29 is 8.42 Å². The quantitative estimate of drug-likeness (QED) is 0.870. The highest BCUT2D eigenvalue weighted by molar-refractivity contribution is 7.89. The van der Waals surface area contributed by atoms with E-state index in [2.05, 4.69) is 34.2 Å². The van der Waals surface area contributed by atoms with Gasteiger partial charge in [-0.3, -0.25) is 0 Å². The highest BCUT2D eigenvalue weighted by Crippen LogP contribution is 2.31. The standard InChI is InChI=1S/C18H20N2O2S/c21-23(22,18-9-5-2-6-10-18)20-19-17-13-11-16(12-14-17)15-7-3-1-4-8-15/h1-10,16,20H,11-14H2. The summed E-state index contributed by atoms with van der Waals surface area (Å²) in [5.74, 6) is 0.542. The van der Waals surface area contributed by atoms with Gasteiger partial charge >= 0.3 is 0 Å². The molecule has 0 unspecified atom stereocenters. The van der Waals surface area contributed by atoms with Gasteiger partial charge in [-0.15, -0.1) is 0 Å². The fourth-order valence-electron chi connectivity index (χ4n) is 2.90. The maximum atomic E-state index is 12.1. The predicted molar refractivity (Wildman–Crippen MR) is 91.8 cm³/mol. The van der Waals surface area contributed by atoms with Crippen LogP contribution in [0.25, 0.3) is 0 Å². The third-order valence-electron chi connectivity index (χ3n) is 4.21. The van der Waals surface area contributed by atoms with Crippen LogP contribution < -0.4 is 4.83 Å². The lowest BCUT2D eigenvalue weighted by atomic mass is 9.83. The lowest BCUT2D eigenvalue weighted by Gasteiger charge is -2.23. The lowest BCUT2D eigenvalue weighted by molar-refractivity contribution is 0.560. The second-order valence-electron chi connectivity index (χ2n) is 5.77. The van der Waals surface area contributed by atoms with Crippen molar-refractivity contribution in [2.75, 3.05) is 0 Å². The number of hydrogen-bond acceptors (Lipinski definition) is 3. The Balaban J connectivity index is 1.61. The molecule has 120 valence electrons. The summed E-state index contributed by atoms with van der Waals surface area (Å²) in [6.07, 6.45) is 3.68. The lowest BCUT2D eigenvalue weighted by Crippen LogP contribution is -2.22. The highest BCUT2D eigenvalue weighted by Gasteiger charge is 2.20.